The smallest absolute Gasteiger partial charge is 0.275 e. The number of benzene rings is 1. The first-order valence-electron chi connectivity index (χ1n) is 4.00. The summed E-state index contributed by atoms with van der Waals surface area (Å²) in [5.74, 6) is 0. The Balaban J connectivity index is 3.33. The minimum absolute atomic E-state index is 0.0981. The third-order valence-electron chi connectivity index (χ3n) is 1.85. The molecule has 0 aliphatic rings. The van der Waals surface area contributed by atoms with Gasteiger partial charge in [-0.05, 0) is 19.1 Å². The van der Waals surface area contributed by atoms with E-state index in [1.807, 2.05) is 6.07 Å². The average molecular weight is 191 g/mol. The first-order valence-corrected chi connectivity index (χ1v) is 4.00. The summed E-state index contributed by atoms with van der Waals surface area (Å²) < 4.78 is 0. The lowest BCUT2D eigenvalue weighted by Crippen LogP contribution is -2.08. The number of nitrogens with two attached hydrogens (primary N) is 1. The van der Waals surface area contributed by atoms with Crippen molar-refractivity contribution in [2.24, 2.45) is 5.73 Å². The quantitative estimate of drug-likeness (QED) is 0.566. The molecule has 0 aliphatic carbocycles. The van der Waals surface area contributed by atoms with Crippen LogP contribution in [0.5, 0.6) is 0 Å². The maximum Gasteiger partial charge on any atom is 0.275 e. The third kappa shape index (κ3) is 1.87. The van der Waals surface area contributed by atoms with Gasteiger partial charge in [0.15, 0.2) is 0 Å². The van der Waals surface area contributed by atoms with E-state index in [2.05, 4.69) is 0 Å². The summed E-state index contributed by atoms with van der Waals surface area (Å²) in [7, 11) is 0. The Labute approximate surface area is 80.9 Å². The van der Waals surface area contributed by atoms with Crippen molar-refractivity contribution in [1.29, 1.82) is 5.26 Å². The van der Waals surface area contributed by atoms with Gasteiger partial charge in [0.25, 0.3) is 5.69 Å². The first-order chi connectivity index (χ1) is 6.56. The van der Waals surface area contributed by atoms with E-state index in [0.717, 1.165) is 0 Å². The molecule has 0 aliphatic heterocycles. The van der Waals surface area contributed by atoms with Gasteiger partial charge in [0.2, 0.25) is 0 Å². The molecule has 0 heterocycles. The van der Waals surface area contributed by atoms with Crippen LogP contribution in [0.2, 0.25) is 0 Å². The minimum Gasteiger partial charge on any atom is -0.324 e. The van der Waals surface area contributed by atoms with E-state index >= 15 is 0 Å². The lowest BCUT2D eigenvalue weighted by atomic mass is 10.0. The summed E-state index contributed by atoms with van der Waals surface area (Å²) in [6, 6.07) is 5.70. The molecule has 0 bridgehead atoms. The zero-order valence-corrected chi connectivity index (χ0v) is 7.60. The highest BCUT2D eigenvalue weighted by molar-refractivity contribution is 5.48. The second-order valence-corrected chi connectivity index (χ2v) is 2.93. The number of rotatable bonds is 2. The van der Waals surface area contributed by atoms with Crippen molar-refractivity contribution in [1.82, 2.24) is 0 Å². The van der Waals surface area contributed by atoms with E-state index in [-0.39, 0.29) is 11.3 Å². The van der Waals surface area contributed by atoms with Crippen LogP contribution in [0.25, 0.3) is 0 Å². The fourth-order valence-corrected chi connectivity index (χ4v) is 1.16. The zero-order chi connectivity index (χ0) is 10.7. The van der Waals surface area contributed by atoms with Crippen molar-refractivity contribution in [2.75, 3.05) is 0 Å². The third-order valence-corrected chi connectivity index (χ3v) is 1.85. The average Bonchev–Trinajstić information content (AvgIpc) is 2.16. The highest BCUT2D eigenvalue weighted by atomic mass is 16.6. The number of hydrogen-bond donors (Lipinski definition) is 1. The van der Waals surface area contributed by atoms with Crippen molar-refractivity contribution in [2.45, 2.75) is 13.0 Å². The van der Waals surface area contributed by atoms with Gasteiger partial charge in [-0.3, -0.25) is 10.1 Å². The maximum absolute atomic E-state index is 10.6. The molecular formula is C9H9N3O2. The first kappa shape index (κ1) is 10.2. The van der Waals surface area contributed by atoms with Gasteiger partial charge >= 0.3 is 0 Å². The fraction of sp³-hybridized carbons (Fsp3) is 0.222. The number of nitrogens with zero attached hydrogens (tertiary/aromatic N) is 2. The second kappa shape index (κ2) is 3.85. The van der Waals surface area contributed by atoms with E-state index in [1.165, 1.54) is 18.2 Å². The van der Waals surface area contributed by atoms with E-state index in [1.54, 1.807) is 6.92 Å². The van der Waals surface area contributed by atoms with Crippen molar-refractivity contribution in [3.63, 3.8) is 0 Å². The lowest BCUT2D eigenvalue weighted by molar-refractivity contribution is -0.385. The Hall–Kier alpha value is -1.93. The topological polar surface area (TPSA) is 93.0 Å². The van der Waals surface area contributed by atoms with Crippen molar-refractivity contribution in [3.05, 3.63) is 39.4 Å². The number of nitro groups is 1. The number of nitro benzene ring substituents is 1. The van der Waals surface area contributed by atoms with Crippen LogP contribution in [0.15, 0.2) is 18.2 Å². The molecule has 0 saturated heterocycles. The van der Waals surface area contributed by atoms with Gasteiger partial charge in [-0.25, -0.2) is 0 Å². The summed E-state index contributed by atoms with van der Waals surface area (Å²) in [6.07, 6.45) is 0. The van der Waals surface area contributed by atoms with Crippen LogP contribution in [0.1, 0.15) is 24.1 Å². The Morgan fingerprint density at radius 1 is 1.64 bits per heavy atom. The summed E-state index contributed by atoms with van der Waals surface area (Å²) >= 11 is 0. The van der Waals surface area contributed by atoms with Gasteiger partial charge in [0, 0.05) is 17.7 Å². The standard InChI is InChI=1S/C9H9N3O2/c1-6(11)8-3-2-7(5-10)4-9(8)12(13)14/h2-4,6H,11H2,1H3/t6-/m0/s1. The molecule has 0 saturated carbocycles. The second-order valence-electron chi connectivity index (χ2n) is 2.93. The molecule has 0 unspecified atom stereocenters. The molecule has 0 aromatic heterocycles. The van der Waals surface area contributed by atoms with Crippen molar-refractivity contribution >= 4 is 5.69 Å². The molecule has 0 radical (unpaired) electrons. The lowest BCUT2D eigenvalue weighted by Gasteiger charge is -2.05. The van der Waals surface area contributed by atoms with Gasteiger partial charge < -0.3 is 5.73 Å². The molecule has 1 aromatic carbocycles. The van der Waals surface area contributed by atoms with E-state index in [9.17, 15) is 10.1 Å². The maximum atomic E-state index is 10.6. The Morgan fingerprint density at radius 2 is 2.29 bits per heavy atom. The van der Waals surface area contributed by atoms with Crippen LogP contribution in [0, 0.1) is 21.4 Å². The summed E-state index contributed by atoms with van der Waals surface area (Å²) in [5.41, 5.74) is 6.16. The molecule has 0 spiro atoms. The summed E-state index contributed by atoms with van der Waals surface area (Å²) in [5, 5.41) is 19.2. The largest absolute Gasteiger partial charge is 0.324 e. The minimum atomic E-state index is -0.528. The van der Waals surface area contributed by atoms with Gasteiger partial charge in [0.05, 0.1) is 16.6 Å². The van der Waals surface area contributed by atoms with Crippen LogP contribution in [-0.4, -0.2) is 4.92 Å². The van der Waals surface area contributed by atoms with Gasteiger partial charge in [-0.15, -0.1) is 0 Å². The Morgan fingerprint density at radius 3 is 2.71 bits per heavy atom. The molecule has 5 heteroatoms. The molecule has 1 aromatic rings. The monoisotopic (exact) mass is 191 g/mol. The highest BCUT2D eigenvalue weighted by Gasteiger charge is 2.16. The normalized spacial score (nSPS) is 11.8. The summed E-state index contributed by atoms with van der Waals surface area (Å²) in [6.45, 7) is 1.66. The summed E-state index contributed by atoms with van der Waals surface area (Å²) in [4.78, 5) is 10.1. The molecule has 0 amide bonds. The molecule has 0 fully saturated rings. The molecule has 2 N–H and O–H groups in total. The van der Waals surface area contributed by atoms with E-state index < -0.39 is 11.0 Å². The highest BCUT2D eigenvalue weighted by Crippen LogP contribution is 2.24. The van der Waals surface area contributed by atoms with E-state index in [4.69, 9.17) is 11.0 Å². The van der Waals surface area contributed by atoms with Crippen LogP contribution in [-0.2, 0) is 0 Å². The van der Waals surface area contributed by atoms with Crippen LogP contribution in [0.3, 0.4) is 0 Å². The van der Waals surface area contributed by atoms with Gasteiger partial charge in [-0.1, -0.05) is 0 Å². The van der Waals surface area contributed by atoms with Gasteiger partial charge in [0.1, 0.15) is 0 Å². The molecule has 1 rings (SSSR count). The van der Waals surface area contributed by atoms with Crippen molar-refractivity contribution < 1.29 is 4.92 Å². The Kier molecular flexibility index (Phi) is 2.79. The fourth-order valence-electron chi connectivity index (χ4n) is 1.16. The number of nitriles is 1. The Bertz CT molecular complexity index is 407. The van der Waals surface area contributed by atoms with Crippen LogP contribution in [0.4, 0.5) is 5.69 Å². The molecule has 5 nitrogen and oxygen atoms in total. The predicted octanol–water partition coefficient (Wildman–Crippen LogP) is 1.49. The molecular weight excluding hydrogens is 182 g/mol. The predicted molar refractivity (Wildman–Crippen MR) is 50.4 cm³/mol. The zero-order valence-electron chi connectivity index (χ0n) is 7.60. The van der Waals surface area contributed by atoms with Crippen LogP contribution < -0.4 is 5.73 Å². The molecule has 14 heavy (non-hydrogen) atoms. The van der Waals surface area contributed by atoms with E-state index in [0.29, 0.717) is 5.56 Å². The van der Waals surface area contributed by atoms with Crippen LogP contribution >= 0.6 is 0 Å². The molecule has 72 valence electrons. The van der Waals surface area contributed by atoms with Crippen molar-refractivity contribution in [3.8, 4) is 6.07 Å². The van der Waals surface area contributed by atoms with Gasteiger partial charge in [-0.2, -0.15) is 5.26 Å². The number of hydrogen-bond acceptors (Lipinski definition) is 4. The SMILES string of the molecule is C[C@H](N)c1ccc(C#N)cc1[N+](=O)[O-]. The molecule has 1 atom stereocenters.